The number of carbonyl (C=O) groups excluding carboxylic acids is 2. The fourth-order valence-electron chi connectivity index (χ4n) is 3.20. The van der Waals surface area contributed by atoms with Crippen LogP contribution in [0.1, 0.15) is 26.8 Å². The molecule has 4 rings (SSSR count). The van der Waals surface area contributed by atoms with Gasteiger partial charge in [-0.1, -0.05) is 45.1 Å². The van der Waals surface area contributed by atoms with E-state index in [1.807, 2.05) is 24.3 Å². The predicted octanol–water partition coefficient (Wildman–Crippen LogP) is 4.07. The number of rotatable bonds is 9. The summed E-state index contributed by atoms with van der Waals surface area (Å²) >= 11 is 5.86. The van der Waals surface area contributed by atoms with Crippen LogP contribution >= 0.6 is 39.0 Å². The van der Waals surface area contributed by atoms with Gasteiger partial charge in [0.15, 0.2) is 11.0 Å². The SMILES string of the molecule is Cc1nnc(NC(=O)CSc2nnc(CNC(=O)c3ccc(C)c([N+](=O)[O-])c3)n2-c2ccc(Br)cc2)s1. The Balaban J connectivity index is 1.51. The number of hydrogen-bond donors (Lipinski definition) is 2. The monoisotopic (exact) mass is 602 g/mol. The molecule has 12 nitrogen and oxygen atoms in total. The van der Waals surface area contributed by atoms with Crippen LogP contribution in [0.15, 0.2) is 52.1 Å². The molecule has 190 valence electrons. The molecule has 2 amide bonds. The maximum Gasteiger partial charge on any atom is 0.273 e. The van der Waals surface area contributed by atoms with Gasteiger partial charge < -0.3 is 5.32 Å². The molecule has 0 unspecified atom stereocenters. The number of nitro groups is 1. The van der Waals surface area contributed by atoms with E-state index in [9.17, 15) is 19.7 Å². The number of aryl methyl sites for hydroxylation is 2. The highest BCUT2D eigenvalue weighted by atomic mass is 79.9. The van der Waals surface area contributed by atoms with Gasteiger partial charge in [0.2, 0.25) is 11.0 Å². The number of carbonyl (C=O) groups is 2. The summed E-state index contributed by atoms with van der Waals surface area (Å²) in [4.78, 5) is 35.8. The Morgan fingerprint density at radius 1 is 1.11 bits per heavy atom. The summed E-state index contributed by atoms with van der Waals surface area (Å²) in [5.74, 6) is -0.302. The Bertz CT molecular complexity index is 1470. The van der Waals surface area contributed by atoms with E-state index in [0.29, 0.717) is 21.7 Å². The largest absolute Gasteiger partial charge is 0.345 e. The van der Waals surface area contributed by atoms with Gasteiger partial charge in [-0.3, -0.25) is 29.6 Å². The Morgan fingerprint density at radius 2 is 1.86 bits per heavy atom. The number of thioether (sulfide) groups is 1. The standard InChI is InChI=1S/C22H19BrN8O4S2/c1-12-3-4-14(9-17(12)31(34)35)20(33)24-10-18-27-29-22(30(18)16-7-5-15(23)6-8-16)36-11-19(32)25-21-28-26-13(2)37-21/h3-9H,10-11H2,1-2H3,(H,24,33)(H,25,28,32). The van der Waals surface area contributed by atoms with Crippen LogP contribution in [0.2, 0.25) is 0 Å². The van der Waals surface area contributed by atoms with Crippen molar-refractivity contribution in [2.75, 3.05) is 11.1 Å². The van der Waals surface area contributed by atoms with E-state index in [-0.39, 0.29) is 29.5 Å². The van der Waals surface area contributed by atoms with Gasteiger partial charge in [-0.15, -0.1) is 20.4 Å². The lowest BCUT2D eigenvalue weighted by molar-refractivity contribution is -0.385. The maximum atomic E-state index is 12.7. The summed E-state index contributed by atoms with van der Waals surface area (Å²) in [5, 5.41) is 34.5. The van der Waals surface area contributed by atoms with Crippen molar-refractivity contribution in [3.8, 4) is 5.69 Å². The van der Waals surface area contributed by atoms with Crippen molar-refractivity contribution in [3.63, 3.8) is 0 Å². The van der Waals surface area contributed by atoms with Gasteiger partial charge >= 0.3 is 0 Å². The smallest absolute Gasteiger partial charge is 0.273 e. The molecule has 15 heteroatoms. The first-order valence-electron chi connectivity index (χ1n) is 10.7. The van der Waals surface area contributed by atoms with Crippen molar-refractivity contribution in [1.82, 2.24) is 30.3 Å². The summed E-state index contributed by atoms with van der Waals surface area (Å²) in [6.07, 6.45) is 0. The second kappa shape index (κ2) is 11.6. The van der Waals surface area contributed by atoms with Crippen molar-refractivity contribution in [2.24, 2.45) is 0 Å². The molecule has 2 aromatic heterocycles. The number of benzene rings is 2. The van der Waals surface area contributed by atoms with Crippen LogP contribution < -0.4 is 10.6 Å². The summed E-state index contributed by atoms with van der Waals surface area (Å²) in [6.45, 7) is 3.40. The van der Waals surface area contributed by atoms with E-state index in [2.05, 4.69) is 47.0 Å². The number of amides is 2. The Hall–Kier alpha value is -3.69. The average Bonchev–Trinajstić information content (AvgIpc) is 3.47. The van der Waals surface area contributed by atoms with Crippen molar-refractivity contribution in [2.45, 2.75) is 25.5 Å². The zero-order valence-corrected chi connectivity index (χ0v) is 22.7. The highest BCUT2D eigenvalue weighted by molar-refractivity contribution is 9.10. The van der Waals surface area contributed by atoms with Crippen molar-refractivity contribution in [1.29, 1.82) is 0 Å². The van der Waals surface area contributed by atoms with Crippen LogP contribution in [0.3, 0.4) is 0 Å². The fraction of sp³-hybridized carbons (Fsp3) is 0.182. The molecule has 0 saturated carbocycles. The number of anilines is 1. The highest BCUT2D eigenvalue weighted by Gasteiger charge is 2.19. The summed E-state index contributed by atoms with van der Waals surface area (Å²) in [6, 6.07) is 11.7. The average molecular weight is 603 g/mol. The first-order chi connectivity index (χ1) is 17.7. The van der Waals surface area contributed by atoms with Gasteiger partial charge in [0.25, 0.3) is 11.6 Å². The van der Waals surface area contributed by atoms with Crippen LogP contribution in [0.4, 0.5) is 10.8 Å². The van der Waals surface area contributed by atoms with Crippen molar-refractivity contribution >= 4 is 61.7 Å². The van der Waals surface area contributed by atoms with Crippen LogP contribution in [-0.4, -0.2) is 47.5 Å². The van der Waals surface area contributed by atoms with Crippen LogP contribution in [0.5, 0.6) is 0 Å². The maximum absolute atomic E-state index is 12.7. The van der Waals surface area contributed by atoms with Crippen molar-refractivity contribution in [3.05, 3.63) is 79.0 Å². The normalized spacial score (nSPS) is 10.8. The van der Waals surface area contributed by atoms with Gasteiger partial charge in [0, 0.05) is 27.4 Å². The topological polar surface area (TPSA) is 158 Å². The quantitative estimate of drug-likeness (QED) is 0.163. The first kappa shape index (κ1) is 26.4. The van der Waals surface area contributed by atoms with Gasteiger partial charge in [-0.2, -0.15) is 0 Å². The van der Waals surface area contributed by atoms with Gasteiger partial charge in [-0.05, 0) is 44.2 Å². The zero-order valence-electron chi connectivity index (χ0n) is 19.5. The first-order valence-corrected chi connectivity index (χ1v) is 13.3. The van der Waals surface area contributed by atoms with Gasteiger partial charge in [0.1, 0.15) is 5.01 Å². The molecule has 0 aliphatic rings. The molecule has 0 spiro atoms. The molecule has 0 fully saturated rings. The molecular weight excluding hydrogens is 584 g/mol. The van der Waals surface area contributed by atoms with E-state index < -0.39 is 10.8 Å². The molecule has 0 radical (unpaired) electrons. The van der Waals surface area contributed by atoms with Gasteiger partial charge in [0.05, 0.1) is 17.2 Å². The molecule has 4 aromatic rings. The Labute approximate surface area is 227 Å². The number of nitro benzene ring substituents is 1. The summed E-state index contributed by atoms with van der Waals surface area (Å²) in [7, 11) is 0. The minimum Gasteiger partial charge on any atom is -0.345 e. The van der Waals surface area contributed by atoms with E-state index in [1.54, 1.807) is 18.4 Å². The molecule has 2 heterocycles. The highest BCUT2D eigenvalue weighted by Crippen LogP contribution is 2.24. The lowest BCUT2D eigenvalue weighted by Crippen LogP contribution is -2.25. The van der Waals surface area contributed by atoms with Crippen LogP contribution in [0.25, 0.3) is 5.69 Å². The molecule has 2 aromatic carbocycles. The fourth-order valence-corrected chi connectivity index (χ4v) is 4.84. The second-order valence-electron chi connectivity index (χ2n) is 7.61. The number of nitrogens with one attached hydrogen (secondary N) is 2. The molecule has 0 aliphatic carbocycles. The van der Waals surface area contributed by atoms with E-state index >= 15 is 0 Å². The minimum atomic E-state index is -0.526. The molecule has 0 aliphatic heterocycles. The molecule has 0 bridgehead atoms. The van der Waals surface area contributed by atoms with Crippen LogP contribution in [-0.2, 0) is 11.3 Å². The third kappa shape index (κ3) is 6.55. The number of nitrogens with zero attached hydrogens (tertiary/aromatic N) is 6. The minimum absolute atomic E-state index is 0.000386. The zero-order chi connectivity index (χ0) is 26.5. The summed E-state index contributed by atoms with van der Waals surface area (Å²) in [5.41, 5.74) is 1.21. The molecule has 2 N–H and O–H groups in total. The Morgan fingerprint density at radius 3 is 2.54 bits per heavy atom. The lowest BCUT2D eigenvalue weighted by atomic mass is 10.1. The molecule has 37 heavy (non-hydrogen) atoms. The van der Waals surface area contributed by atoms with E-state index in [4.69, 9.17) is 0 Å². The third-order valence-corrected chi connectivity index (χ3v) is 7.18. The van der Waals surface area contributed by atoms with Gasteiger partial charge in [-0.25, -0.2) is 0 Å². The number of hydrogen-bond acceptors (Lipinski definition) is 10. The second-order valence-corrected chi connectivity index (χ2v) is 10.7. The predicted molar refractivity (Wildman–Crippen MR) is 142 cm³/mol. The molecular formula is C22H19BrN8O4S2. The Kier molecular flexibility index (Phi) is 8.25. The summed E-state index contributed by atoms with van der Waals surface area (Å²) < 4.78 is 2.61. The van der Waals surface area contributed by atoms with Crippen molar-refractivity contribution < 1.29 is 14.5 Å². The number of halogens is 1. The molecule has 0 atom stereocenters. The van der Waals surface area contributed by atoms with E-state index in [0.717, 1.165) is 15.2 Å². The van der Waals surface area contributed by atoms with Crippen LogP contribution in [0, 0.1) is 24.0 Å². The third-order valence-electron chi connectivity index (χ3n) is 4.97. The molecule has 0 saturated heterocycles. The van der Waals surface area contributed by atoms with E-state index in [1.165, 1.54) is 41.3 Å². The number of aromatic nitrogens is 5. The lowest BCUT2D eigenvalue weighted by Gasteiger charge is -2.11.